The van der Waals surface area contributed by atoms with E-state index in [1.165, 1.54) is 24.2 Å². The van der Waals surface area contributed by atoms with Crippen molar-refractivity contribution in [3.05, 3.63) is 16.3 Å². The standard InChI is InChI=1S/C15H19N3O3S/c1-9-11-13(21-2)16-10(8-18-6-4-3-5-7-18)17-14(11)22-12(9)15(19)20/h3-8H2,1-2H3,(H,19,20). The fourth-order valence-electron chi connectivity index (χ4n) is 3.02. The predicted molar refractivity (Wildman–Crippen MR) is 81.3 cm³/mol. The number of hydrogen-bond donors (Lipinski definition) is 1. The van der Waals surface area contributed by atoms with E-state index in [2.05, 4.69) is 9.97 Å². The number of aryl methyl sites for hydroxylation is 1. The summed E-state index contributed by atoms with van der Waals surface area (Å²) in [6, 6.07) is 0. The lowest BCUT2D eigenvalue weighted by atomic mass is 10.1. The molecule has 118 valence electrons. The summed E-state index contributed by atoms with van der Waals surface area (Å²) < 4.78 is 5.36. The molecule has 2 aromatic rings. The Balaban J connectivity index is 2.00. The van der Waals surface area contributed by atoms with Crippen LogP contribution < -0.4 is 14.7 Å². The summed E-state index contributed by atoms with van der Waals surface area (Å²) >= 11 is 1.14. The van der Waals surface area contributed by atoms with Crippen LogP contribution in [0.1, 0.15) is 40.3 Å². The van der Waals surface area contributed by atoms with Crippen molar-refractivity contribution in [2.45, 2.75) is 32.7 Å². The summed E-state index contributed by atoms with van der Waals surface area (Å²) in [6.45, 7) is 4.77. The van der Waals surface area contributed by atoms with Gasteiger partial charge in [-0.3, -0.25) is 0 Å². The van der Waals surface area contributed by atoms with Gasteiger partial charge in [0, 0.05) is 0 Å². The molecule has 1 saturated heterocycles. The van der Waals surface area contributed by atoms with E-state index in [1.54, 1.807) is 14.0 Å². The second-order valence-electron chi connectivity index (χ2n) is 5.66. The van der Waals surface area contributed by atoms with Gasteiger partial charge in [0.15, 0.2) is 5.82 Å². The monoisotopic (exact) mass is 321 g/mol. The van der Waals surface area contributed by atoms with Crippen LogP contribution in [0.4, 0.5) is 0 Å². The number of nitrogens with zero attached hydrogens (tertiary/aromatic N) is 2. The zero-order valence-electron chi connectivity index (χ0n) is 12.8. The molecule has 0 bridgehead atoms. The number of carboxylic acids is 1. The molecule has 0 unspecified atom stereocenters. The number of carbonyl (C=O) groups is 1. The van der Waals surface area contributed by atoms with Crippen molar-refractivity contribution in [2.75, 3.05) is 20.2 Å². The zero-order valence-corrected chi connectivity index (χ0v) is 13.6. The number of carboxylic acid groups (broad SMARTS) is 1. The fourth-order valence-corrected chi connectivity index (χ4v) is 4.04. The average Bonchev–Trinajstić information content (AvgIpc) is 2.85. The summed E-state index contributed by atoms with van der Waals surface area (Å²) in [5, 5.41) is 11.9. The normalized spacial score (nSPS) is 16.1. The first kappa shape index (κ1) is 15.2. The number of hydrogen-bond acceptors (Lipinski definition) is 6. The second kappa shape index (κ2) is 6.18. The van der Waals surface area contributed by atoms with Crippen molar-refractivity contribution in [3.8, 4) is 5.88 Å². The minimum atomic E-state index is -1.18. The number of methoxy groups -OCH3 is 1. The Morgan fingerprint density at radius 2 is 2.05 bits per heavy atom. The second-order valence-corrected chi connectivity index (χ2v) is 6.66. The molecule has 1 aliphatic rings. The Bertz CT molecular complexity index is 708. The van der Waals surface area contributed by atoms with Crippen molar-refractivity contribution >= 4 is 27.5 Å². The first-order valence-corrected chi connectivity index (χ1v) is 8.30. The summed E-state index contributed by atoms with van der Waals surface area (Å²) in [5.74, 6) is -0.00387. The average molecular weight is 321 g/mol. The molecule has 0 aromatic carbocycles. The van der Waals surface area contributed by atoms with E-state index >= 15 is 0 Å². The van der Waals surface area contributed by atoms with Crippen molar-refractivity contribution in [1.82, 2.24) is 9.97 Å². The largest absolute Gasteiger partial charge is 0.544 e. The Hall–Kier alpha value is -1.73. The Morgan fingerprint density at radius 1 is 1.32 bits per heavy atom. The maximum absolute atomic E-state index is 11.2. The number of quaternary nitrogens is 1. The molecule has 0 atom stereocenters. The third kappa shape index (κ3) is 2.78. The lowest BCUT2D eigenvalue weighted by Gasteiger charge is -2.22. The van der Waals surface area contributed by atoms with E-state index in [4.69, 9.17) is 4.74 Å². The number of thiophene rings is 1. The summed E-state index contributed by atoms with van der Waals surface area (Å²) in [4.78, 5) is 22.6. The fraction of sp³-hybridized carbons (Fsp3) is 0.533. The Morgan fingerprint density at radius 3 is 2.68 bits per heavy atom. The maximum atomic E-state index is 11.2. The van der Waals surface area contributed by atoms with Gasteiger partial charge in [-0.1, -0.05) is 0 Å². The smallest absolute Gasteiger partial charge is 0.225 e. The third-order valence-corrected chi connectivity index (χ3v) is 5.32. The molecule has 0 radical (unpaired) electrons. The summed E-state index contributed by atoms with van der Waals surface area (Å²) in [7, 11) is 1.55. The molecule has 0 aliphatic carbocycles. The van der Waals surface area contributed by atoms with Gasteiger partial charge in [-0.05, 0) is 31.7 Å². The molecule has 7 heteroatoms. The highest BCUT2D eigenvalue weighted by Gasteiger charge is 2.20. The van der Waals surface area contributed by atoms with Gasteiger partial charge in [0.2, 0.25) is 5.88 Å². The van der Waals surface area contributed by atoms with E-state index in [0.29, 0.717) is 27.5 Å². The van der Waals surface area contributed by atoms with Crippen LogP contribution in [-0.2, 0) is 6.54 Å². The minimum absolute atomic E-state index is 0.199. The van der Waals surface area contributed by atoms with Crippen LogP contribution in [0.25, 0.3) is 10.2 Å². The van der Waals surface area contributed by atoms with Gasteiger partial charge in [-0.25, -0.2) is 4.98 Å². The number of fused-ring (bicyclic) bond motifs is 1. The third-order valence-electron chi connectivity index (χ3n) is 4.15. The Kier molecular flexibility index (Phi) is 4.26. The summed E-state index contributed by atoms with van der Waals surface area (Å²) in [5.41, 5.74) is 0.619. The number of nitrogens with one attached hydrogen (secondary N) is 1. The van der Waals surface area contributed by atoms with Crippen molar-refractivity contribution in [1.29, 1.82) is 0 Å². The lowest BCUT2D eigenvalue weighted by molar-refractivity contribution is -0.919. The predicted octanol–water partition coefficient (Wildman–Crippen LogP) is -0.0594. The van der Waals surface area contributed by atoms with E-state index in [1.807, 2.05) is 0 Å². The number of aromatic carboxylic acids is 1. The minimum Gasteiger partial charge on any atom is -0.544 e. The molecule has 3 heterocycles. The molecular weight excluding hydrogens is 302 g/mol. The number of ether oxygens (including phenoxy) is 1. The van der Waals surface area contributed by atoms with Crippen molar-refractivity contribution < 1.29 is 19.5 Å². The molecule has 6 nitrogen and oxygen atoms in total. The number of aromatic nitrogens is 2. The topological polar surface area (TPSA) is 79.6 Å². The van der Waals surface area contributed by atoms with Crippen molar-refractivity contribution in [2.24, 2.45) is 0 Å². The van der Waals surface area contributed by atoms with Gasteiger partial charge in [0.25, 0.3) is 0 Å². The molecule has 0 saturated carbocycles. The van der Waals surface area contributed by atoms with Crippen LogP contribution in [0, 0.1) is 6.92 Å². The first-order chi connectivity index (χ1) is 10.6. The molecule has 3 rings (SSSR count). The number of rotatable bonds is 4. The van der Waals surface area contributed by atoms with Crippen LogP contribution >= 0.6 is 11.3 Å². The van der Waals surface area contributed by atoms with Gasteiger partial charge >= 0.3 is 0 Å². The highest BCUT2D eigenvalue weighted by molar-refractivity contribution is 7.20. The quantitative estimate of drug-likeness (QED) is 0.853. The zero-order chi connectivity index (χ0) is 15.7. The van der Waals surface area contributed by atoms with Gasteiger partial charge in [-0.15, -0.1) is 11.3 Å². The SMILES string of the molecule is COc1nc(C[NH+]2CCCCC2)nc2sc(C(=O)[O-])c(C)c12. The van der Waals surface area contributed by atoms with Crippen LogP contribution in [0.3, 0.4) is 0 Å². The van der Waals surface area contributed by atoms with E-state index in [-0.39, 0.29) is 4.88 Å². The van der Waals surface area contributed by atoms with Gasteiger partial charge in [-0.2, -0.15) is 4.98 Å². The molecule has 0 amide bonds. The van der Waals surface area contributed by atoms with Crippen LogP contribution in [-0.4, -0.2) is 36.1 Å². The van der Waals surface area contributed by atoms with Gasteiger partial charge < -0.3 is 19.5 Å². The van der Waals surface area contributed by atoms with Crippen molar-refractivity contribution in [3.63, 3.8) is 0 Å². The Labute approximate surface area is 132 Å². The number of likely N-dealkylation sites (tertiary alicyclic amines) is 1. The molecular formula is C15H19N3O3S. The van der Waals surface area contributed by atoms with Crippen LogP contribution in [0.15, 0.2) is 0 Å². The van der Waals surface area contributed by atoms with Gasteiger partial charge in [0.1, 0.15) is 11.4 Å². The molecule has 1 N–H and O–H groups in total. The lowest BCUT2D eigenvalue weighted by Crippen LogP contribution is -3.11. The molecule has 22 heavy (non-hydrogen) atoms. The molecule has 0 spiro atoms. The maximum Gasteiger partial charge on any atom is 0.225 e. The number of piperidine rings is 1. The molecule has 1 fully saturated rings. The number of carbonyl (C=O) groups excluding carboxylic acids is 1. The highest BCUT2D eigenvalue weighted by Crippen LogP contribution is 2.34. The first-order valence-electron chi connectivity index (χ1n) is 7.49. The molecule has 2 aromatic heterocycles. The van der Waals surface area contributed by atoms with E-state index in [0.717, 1.165) is 31.0 Å². The van der Waals surface area contributed by atoms with Crippen LogP contribution in [0.2, 0.25) is 0 Å². The van der Waals surface area contributed by atoms with Crippen LogP contribution in [0.5, 0.6) is 5.88 Å². The highest BCUT2D eigenvalue weighted by atomic mass is 32.1. The summed E-state index contributed by atoms with van der Waals surface area (Å²) in [6.07, 6.45) is 3.77. The van der Waals surface area contributed by atoms with E-state index < -0.39 is 5.97 Å². The molecule has 1 aliphatic heterocycles. The van der Waals surface area contributed by atoms with E-state index in [9.17, 15) is 9.90 Å². The van der Waals surface area contributed by atoms with Gasteiger partial charge in [0.05, 0.1) is 36.4 Å².